The van der Waals surface area contributed by atoms with Gasteiger partial charge in [-0.25, -0.2) is 4.98 Å². The van der Waals surface area contributed by atoms with Crippen molar-refractivity contribution >= 4 is 12.2 Å². The first-order valence-corrected chi connectivity index (χ1v) is 3.71. The SMILES string of the molecule is C=Cc1oc(C)nc1/C=C\NC. The molecule has 3 nitrogen and oxygen atoms in total. The number of nitrogens with one attached hydrogen (secondary N) is 1. The fourth-order valence-corrected chi connectivity index (χ4v) is 0.887. The van der Waals surface area contributed by atoms with Crippen molar-refractivity contribution in [2.75, 3.05) is 7.05 Å². The second kappa shape index (κ2) is 3.76. The highest BCUT2D eigenvalue weighted by molar-refractivity contribution is 5.56. The van der Waals surface area contributed by atoms with Crippen LogP contribution in [-0.4, -0.2) is 12.0 Å². The molecule has 0 spiro atoms. The number of hydrogen-bond donors (Lipinski definition) is 1. The summed E-state index contributed by atoms with van der Waals surface area (Å²) in [5, 5.41) is 2.88. The topological polar surface area (TPSA) is 38.1 Å². The van der Waals surface area contributed by atoms with Crippen LogP contribution >= 0.6 is 0 Å². The predicted molar refractivity (Wildman–Crippen MR) is 49.4 cm³/mol. The van der Waals surface area contributed by atoms with E-state index in [4.69, 9.17) is 4.42 Å². The van der Waals surface area contributed by atoms with Gasteiger partial charge in [-0.15, -0.1) is 0 Å². The van der Waals surface area contributed by atoms with Crippen LogP contribution < -0.4 is 5.32 Å². The molecule has 0 saturated carbocycles. The molecule has 1 aromatic rings. The van der Waals surface area contributed by atoms with Crippen LogP contribution in [0.3, 0.4) is 0 Å². The van der Waals surface area contributed by atoms with E-state index in [0.717, 1.165) is 5.69 Å². The second-order valence-electron chi connectivity index (χ2n) is 2.31. The number of aryl methyl sites for hydroxylation is 1. The Balaban J connectivity index is 2.96. The highest BCUT2D eigenvalue weighted by Gasteiger charge is 2.02. The zero-order valence-electron chi connectivity index (χ0n) is 7.29. The summed E-state index contributed by atoms with van der Waals surface area (Å²) in [6.45, 7) is 5.43. The van der Waals surface area contributed by atoms with Gasteiger partial charge in [0.2, 0.25) is 0 Å². The van der Waals surface area contributed by atoms with Gasteiger partial charge in [-0.3, -0.25) is 0 Å². The lowest BCUT2D eigenvalue weighted by Gasteiger charge is -1.86. The maximum Gasteiger partial charge on any atom is 0.192 e. The van der Waals surface area contributed by atoms with Gasteiger partial charge in [0.15, 0.2) is 11.7 Å². The minimum Gasteiger partial charge on any atom is -0.441 e. The van der Waals surface area contributed by atoms with Crippen molar-refractivity contribution in [3.63, 3.8) is 0 Å². The first-order valence-electron chi connectivity index (χ1n) is 3.71. The van der Waals surface area contributed by atoms with Crippen molar-refractivity contribution in [1.82, 2.24) is 10.3 Å². The van der Waals surface area contributed by atoms with Crippen LogP contribution in [0.2, 0.25) is 0 Å². The highest BCUT2D eigenvalue weighted by Crippen LogP contribution is 2.12. The van der Waals surface area contributed by atoms with Crippen LogP contribution in [0.1, 0.15) is 17.3 Å². The Hall–Kier alpha value is -1.51. The fraction of sp³-hybridized carbons (Fsp3) is 0.222. The number of rotatable bonds is 3. The monoisotopic (exact) mass is 164 g/mol. The van der Waals surface area contributed by atoms with Crippen molar-refractivity contribution in [2.45, 2.75) is 6.92 Å². The second-order valence-corrected chi connectivity index (χ2v) is 2.31. The highest BCUT2D eigenvalue weighted by atomic mass is 16.4. The van der Waals surface area contributed by atoms with Crippen molar-refractivity contribution in [3.05, 3.63) is 30.1 Å². The van der Waals surface area contributed by atoms with Crippen molar-refractivity contribution in [2.24, 2.45) is 0 Å². The molecule has 1 N–H and O–H groups in total. The molecule has 0 aliphatic rings. The molecule has 0 atom stereocenters. The van der Waals surface area contributed by atoms with Crippen LogP contribution in [0.15, 0.2) is 17.2 Å². The molecule has 0 radical (unpaired) electrons. The van der Waals surface area contributed by atoms with E-state index in [2.05, 4.69) is 16.9 Å². The molecular formula is C9H12N2O. The lowest BCUT2D eigenvalue weighted by Crippen LogP contribution is -1.91. The molecule has 3 heteroatoms. The fourth-order valence-electron chi connectivity index (χ4n) is 0.887. The van der Waals surface area contributed by atoms with E-state index in [1.54, 1.807) is 12.3 Å². The first-order chi connectivity index (χ1) is 5.77. The predicted octanol–water partition coefficient (Wildman–Crippen LogP) is 1.82. The van der Waals surface area contributed by atoms with Gasteiger partial charge in [-0.05, 0) is 18.4 Å². The Morgan fingerprint density at radius 3 is 2.92 bits per heavy atom. The summed E-state index contributed by atoms with van der Waals surface area (Å²) < 4.78 is 5.25. The van der Waals surface area contributed by atoms with Gasteiger partial charge < -0.3 is 9.73 Å². The quantitative estimate of drug-likeness (QED) is 0.740. The van der Waals surface area contributed by atoms with Gasteiger partial charge in [0, 0.05) is 14.0 Å². The molecule has 0 aliphatic heterocycles. The standard InChI is InChI=1S/C9H12N2O/c1-4-9-8(5-6-10-3)11-7(2)12-9/h4-6,10H,1H2,2-3H3/b6-5-. The van der Waals surface area contributed by atoms with Crippen molar-refractivity contribution < 1.29 is 4.42 Å². The molecule has 0 amide bonds. The zero-order chi connectivity index (χ0) is 8.97. The van der Waals surface area contributed by atoms with Gasteiger partial charge in [0.1, 0.15) is 5.69 Å². The summed E-state index contributed by atoms with van der Waals surface area (Å²) in [7, 11) is 1.83. The molecule has 0 saturated heterocycles. The summed E-state index contributed by atoms with van der Waals surface area (Å²) in [4.78, 5) is 4.15. The maximum atomic E-state index is 5.25. The number of nitrogens with zero attached hydrogens (tertiary/aromatic N) is 1. The van der Waals surface area contributed by atoms with E-state index in [-0.39, 0.29) is 0 Å². The Bertz CT molecular complexity index is 299. The third-order valence-electron chi connectivity index (χ3n) is 1.38. The van der Waals surface area contributed by atoms with E-state index in [1.807, 2.05) is 20.0 Å². The Labute approximate surface area is 71.8 Å². The summed E-state index contributed by atoms with van der Waals surface area (Å²) in [6.07, 6.45) is 5.28. The molecule has 1 aromatic heterocycles. The van der Waals surface area contributed by atoms with Gasteiger partial charge in [0.05, 0.1) is 0 Å². The maximum absolute atomic E-state index is 5.25. The van der Waals surface area contributed by atoms with E-state index in [1.165, 1.54) is 0 Å². The summed E-state index contributed by atoms with van der Waals surface area (Å²) in [5.41, 5.74) is 0.803. The van der Waals surface area contributed by atoms with E-state index >= 15 is 0 Å². The minimum absolute atomic E-state index is 0.653. The molecule has 1 heterocycles. The van der Waals surface area contributed by atoms with Crippen LogP contribution in [0.5, 0.6) is 0 Å². The van der Waals surface area contributed by atoms with Gasteiger partial charge >= 0.3 is 0 Å². The normalized spacial score (nSPS) is 10.5. The first kappa shape index (κ1) is 8.59. The van der Waals surface area contributed by atoms with Gasteiger partial charge in [0.25, 0.3) is 0 Å². The molecule has 0 bridgehead atoms. The van der Waals surface area contributed by atoms with Gasteiger partial charge in [-0.2, -0.15) is 0 Å². The van der Waals surface area contributed by atoms with Crippen LogP contribution in [0, 0.1) is 6.92 Å². The third kappa shape index (κ3) is 1.75. The lowest BCUT2D eigenvalue weighted by atomic mass is 10.3. The van der Waals surface area contributed by atoms with Crippen molar-refractivity contribution in [1.29, 1.82) is 0 Å². The Morgan fingerprint density at radius 1 is 1.58 bits per heavy atom. The largest absolute Gasteiger partial charge is 0.441 e. The smallest absolute Gasteiger partial charge is 0.192 e. The zero-order valence-corrected chi connectivity index (χ0v) is 7.29. The number of oxazole rings is 1. The van der Waals surface area contributed by atoms with Crippen LogP contribution in [0.4, 0.5) is 0 Å². The molecule has 0 unspecified atom stereocenters. The summed E-state index contributed by atoms with van der Waals surface area (Å²) in [6, 6.07) is 0. The molecular weight excluding hydrogens is 152 g/mol. The van der Waals surface area contributed by atoms with Crippen LogP contribution in [-0.2, 0) is 0 Å². The van der Waals surface area contributed by atoms with E-state index in [0.29, 0.717) is 11.7 Å². The molecule has 12 heavy (non-hydrogen) atoms. The molecule has 0 aliphatic carbocycles. The number of hydrogen-bond acceptors (Lipinski definition) is 3. The minimum atomic E-state index is 0.653. The molecule has 64 valence electrons. The summed E-state index contributed by atoms with van der Waals surface area (Å²) in [5.74, 6) is 1.36. The Kier molecular flexibility index (Phi) is 2.69. The summed E-state index contributed by atoms with van der Waals surface area (Å²) >= 11 is 0. The van der Waals surface area contributed by atoms with Crippen molar-refractivity contribution in [3.8, 4) is 0 Å². The number of aromatic nitrogens is 1. The van der Waals surface area contributed by atoms with Crippen LogP contribution in [0.25, 0.3) is 12.2 Å². The third-order valence-corrected chi connectivity index (χ3v) is 1.38. The van der Waals surface area contributed by atoms with E-state index < -0.39 is 0 Å². The molecule has 0 aromatic carbocycles. The van der Waals surface area contributed by atoms with E-state index in [9.17, 15) is 0 Å². The Morgan fingerprint density at radius 2 is 2.33 bits per heavy atom. The van der Waals surface area contributed by atoms with Gasteiger partial charge in [-0.1, -0.05) is 6.58 Å². The molecule has 1 rings (SSSR count). The lowest BCUT2D eigenvalue weighted by molar-refractivity contribution is 0.513. The average Bonchev–Trinajstić information content (AvgIpc) is 2.42. The average molecular weight is 164 g/mol. The molecule has 0 fully saturated rings.